The Labute approximate surface area is 265 Å². The third kappa shape index (κ3) is 6.51. The Hall–Kier alpha value is -3.01. The number of hydrogen-bond donors (Lipinski definition) is 3. The maximum absolute atomic E-state index is 11.4. The number of rotatable bonds is 10. The standard InChI is InChI=1S/C33H45N7O2PS/c1-5-43(41,6-2)30-10-8-7-9-27(30)34-32-31-28(15-22-44-31)36-33(37-32)35-26-12-11-25(23-29(26)42-4)39-16-13-24(14-17-39)40-20-18-38(3)19-21-40/h7-12,15,22-24,41H,5-6,13-14,16-21H2,1-4H3,(H2,34,35,36,37)/q+1. The molecule has 0 saturated carbocycles. The fraction of sp³-hybridized carbons (Fsp3) is 0.455. The highest BCUT2D eigenvalue weighted by atomic mass is 32.1. The van der Waals surface area contributed by atoms with Gasteiger partial charge in [-0.2, -0.15) is 4.98 Å². The molecule has 3 N–H and O–H groups in total. The molecular weight excluding hydrogens is 589 g/mol. The van der Waals surface area contributed by atoms with E-state index in [2.05, 4.69) is 64.4 Å². The maximum Gasteiger partial charge on any atom is 0.229 e. The highest BCUT2D eigenvalue weighted by Crippen LogP contribution is 2.54. The first-order chi connectivity index (χ1) is 21.4. The van der Waals surface area contributed by atoms with Gasteiger partial charge in [0.25, 0.3) is 0 Å². The van der Waals surface area contributed by atoms with E-state index in [0.717, 1.165) is 63.9 Å². The van der Waals surface area contributed by atoms with Crippen molar-refractivity contribution in [2.24, 2.45) is 0 Å². The number of anilines is 5. The first-order valence-corrected chi connectivity index (χ1v) is 18.7. The van der Waals surface area contributed by atoms with E-state index in [9.17, 15) is 4.89 Å². The van der Waals surface area contributed by atoms with Gasteiger partial charge in [0.1, 0.15) is 11.1 Å². The monoisotopic (exact) mass is 634 g/mol. The van der Waals surface area contributed by atoms with E-state index in [0.29, 0.717) is 12.0 Å². The number of likely N-dealkylation sites (N-methyl/N-ethyl adjacent to an activating group) is 1. The molecule has 11 heteroatoms. The van der Waals surface area contributed by atoms with Crippen LogP contribution in [-0.2, 0) is 0 Å². The summed E-state index contributed by atoms with van der Waals surface area (Å²) in [6, 6.07) is 17.1. The number of aromatic nitrogens is 2. The second kappa shape index (κ2) is 13.5. The molecule has 44 heavy (non-hydrogen) atoms. The van der Waals surface area contributed by atoms with Gasteiger partial charge in [0, 0.05) is 57.1 Å². The van der Waals surface area contributed by atoms with Crippen LogP contribution in [0.15, 0.2) is 53.9 Å². The maximum atomic E-state index is 11.4. The van der Waals surface area contributed by atoms with Crippen LogP contribution in [0.4, 0.5) is 28.8 Å². The topological polar surface area (TPSA) is 89.0 Å². The van der Waals surface area contributed by atoms with Gasteiger partial charge in [0.05, 0.1) is 41.0 Å². The summed E-state index contributed by atoms with van der Waals surface area (Å²) in [7, 11) is 1.68. The molecule has 9 nitrogen and oxygen atoms in total. The number of nitrogens with one attached hydrogen (secondary N) is 2. The Bertz CT molecular complexity index is 1560. The van der Waals surface area contributed by atoms with Crippen molar-refractivity contribution >= 4 is 63.2 Å². The Morgan fingerprint density at radius 3 is 2.41 bits per heavy atom. The molecule has 0 unspecified atom stereocenters. The molecule has 2 aliphatic heterocycles. The summed E-state index contributed by atoms with van der Waals surface area (Å²) in [5.74, 6) is 1.97. The third-order valence-corrected chi connectivity index (χ3v) is 13.6. The second-order valence-corrected chi connectivity index (χ2v) is 16.3. The molecule has 0 aliphatic carbocycles. The van der Waals surface area contributed by atoms with Crippen LogP contribution in [0, 0.1) is 0 Å². The van der Waals surface area contributed by atoms with Crippen molar-refractivity contribution in [1.82, 2.24) is 19.8 Å². The zero-order chi connectivity index (χ0) is 30.7. The quantitative estimate of drug-likeness (QED) is 0.182. The third-order valence-electron chi connectivity index (χ3n) is 9.27. The Morgan fingerprint density at radius 2 is 1.68 bits per heavy atom. The average Bonchev–Trinajstić information content (AvgIpc) is 3.54. The molecule has 2 aromatic heterocycles. The van der Waals surface area contributed by atoms with Gasteiger partial charge in [-0.1, -0.05) is 12.1 Å². The van der Waals surface area contributed by atoms with E-state index >= 15 is 0 Å². The van der Waals surface area contributed by atoms with Gasteiger partial charge in [0.15, 0.2) is 13.3 Å². The van der Waals surface area contributed by atoms with Gasteiger partial charge >= 0.3 is 0 Å². The van der Waals surface area contributed by atoms with Crippen molar-refractivity contribution in [3.8, 4) is 5.75 Å². The fourth-order valence-corrected chi connectivity index (χ4v) is 9.26. The predicted molar refractivity (Wildman–Crippen MR) is 188 cm³/mol. The average molecular weight is 635 g/mol. The summed E-state index contributed by atoms with van der Waals surface area (Å²) in [6.07, 6.45) is 3.85. The van der Waals surface area contributed by atoms with Gasteiger partial charge in [-0.3, -0.25) is 4.90 Å². The number of nitrogens with zero attached hydrogens (tertiary/aromatic N) is 5. The highest BCUT2D eigenvalue weighted by Gasteiger charge is 2.37. The van der Waals surface area contributed by atoms with Crippen LogP contribution in [0.1, 0.15) is 26.7 Å². The molecule has 0 amide bonds. The van der Waals surface area contributed by atoms with Crippen LogP contribution in [-0.4, -0.2) is 96.5 Å². The number of thiophene rings is 1. The van der Waals surface area contributed by atoms with Crippen LogP contribution in [0.2, 0.25) is 0 Å². The Morgan fingerprint density at radius 1 is 0.932 bits per heavy atom. The smallest absolute Gasteiger partial charge is 0.229 e. The normalized spacial score (nSPS) is 17.2. The number of benzene rings is 2. The van der Waals surface area contributed by atoms with E-state index in [1.807, 2.05) is 35.7 Å². The van der Waals surface area contributed by atoms with Crippen molar-refractivity contribution in [3.63, 3.8) is 0 Å². The molecule has 2 fully saturated rings. The highest BCUT2D eigenvalue weighted by molar-refractivity contribution is 7.78. The zero-order valence-corrected chi connectivity index (χ0v) is 28.0. The van der Waals surface area contributed by atoms with Gasteiger partial charge in [-0.25, -0.2) is 9.88 Å². The first kappa shape index (κ1) is 31.0. The number of fused-ring (bicyclic) bond motifs is 1. The zero-order valence-electron chi connectivity index (χ0n) is 26.3. The van der Waals surface area contributed by atoms with E-state index < -0.39 is 7.49 Å². The molecule has 2 aromatic carbocycles. The number of piperidine rings is 1. The molecule has 4 heterocycles. The summed E-state index contributed by atoms with van der Waals surface area (Å²) >= 11 is 1.60. The van der Waals surface area contributed by atoms with Crippen molar-refractivity contribution in [3.05, 3.63) is 53.9 Å². The van der Waals surface area contributed by atoms with Gasteiger partial charge in [-0.15, -0.1) is 11.3 Å². The minimum absolute atomic E-state index is 0.492. The molecule has 2 saturated heterocycles. The molecule has 2 aliphatic rings. The lowest BCUT2D eigenvalue weighted by molar-refractivity contribution is 0.0982. The lowest BCUT2D eigenvalue weighted by Gasteiger charge is -2.42. The minimum Gasteiger partial charge on any atom is -0.494 e. The summed E-state index contributed by atoms with van der Waals surface area (Å²) < 4.78 is 6.83. The lowest BCUT2D eigenvalue weighted by Crippen LogP contribution is -2.52. The molecule has 0 bridgehead atoms. The fourth-order valence-electron chi connectivity index (χ4n) is 6.41. The summed E-state index contributed by atoms with van der Waals surface area (Å²) in [6.45, 7) is 10.9. The SMILES string of the molecule is CC[P+](O)(CC)c1ccccc1Nc1nc(Nc2ccc(N3CCC(N4CCN(C)CC4)CC3)cc2OC)nc2ccsc12. The lowest BCUT2D eigenvalue weighted by atomic mass is 10.0. The molecular formula is C33H45N7O2PS+. The number of piperazine rings is 1. The van der Waals surface area contributed by atoms with Crippen molar-refractivity contribution in [1.29, 1.82) is 0 Å². The molecule has 4 aromatic rings. The molecule has 0 atom stereocenters. The van der Waals surface area contributed by atoms with E-state index in [-0.39, 0.29) is 0 Å². The molecule has 0 spiro atoms. The van der Waals surface area contributed by atoms with Crippen LogP contribution < -0.4 is 25.6 Å². The first-order valence-electron chi connectivity index (χ1n) is 15.7. The van der Waals surface area contributed by atoms with E-state index in [1.165, 1.54) is 44.7 Å². The summed E-state index contributed by atoms with van der Waals surface area (Å²) in [5, 5.41) is 9.99. The van der Waals surface area contributed by atoms with Gasteiger partial charge in [-0.05, 0) is 69.4 Å². The van der Waals surface area contributed by atoms with Crippen molar-refractivity contribution < 1.29 is 9.63 Å². The number of ether oxygens (including phenoxy) is 1. The predicted octanol–water partition coefficient (Wildman–Crippen LogP) is 5.99. The molecule has 6 rings (SSSR count). The van der Waals surface area contributed by atoms with Crippen molar-refractivity contribution in [2.75, 3.05) is 81.3 Å². The number of methoxy groups -OCH3 is 1. The Kier molecular flexibility index (Phi) is 9.54. The van der Waals surface area contributed by atoms with Crippen LogP contribution in [0.25, 0.3) is 10.2 Å². The molecule has 0 radical (unpaired) electrons. The van der Waals surface area contributed by atoms with Crippen LogP contribution >= 0.6 is 18.8 Å². The van der Waals surface area contributed by atoms with Crippen LogP contribution in [0.3, 0.4) is 0 Å². The summed E-state index contributed by atoms with van der Waals surface area (Å²) in [5.41, 5.74) is 3.76. The largest absolute Gasteiger partial charge is 0.494 e. The van der Waals surface area contributed by atoms with E-state index in [4.69, 9.17) is 14.7 Å². The number of para-hydroxylation sites is 1. The second-order valence-electron chi connectivity index (χ2n) is 11.8. The van der Waals surface area contributed by atoms with Gasteiger partial charge < -0.3 is 25.2 Å². The molecule has 234 valence electrons. The summed E-state index contributed by atoms with van der Waals surface area (Å²) in [4.78, 5) is 28.8. The Balaban J connectivity index is 1.20. The van der Waals surface area contributed by atoms with Crippen LogP contribution in [0.5, 0.6) is 5.75 Å². The van der Waals surface area contributed by atoms with Crippen molar-refractivity contribution in [2.45, 2.75) is 32.7 Å². The van der Waals surface area contributed by atoms with E-state index in [1.54, 1.807) is 18.4 Å². The van der Waals surface area contributed by atoms with Gasteiger partial charge in [0.2, 0.25) is 5.95 Å². The minimum atomic E-state index is -2.25. The number of hydrogen-bond acceptors (Lipinski definition) is 10.